The summed E-state index contributed by atoms with van der Waals surface area (Å²) in [6.07, 6.45) is 4.56. The molecule has 6 nitrogen and oxygen atoms in total. The number of nitrogens with one attached hydrogen (secondary N) is 2. The number of nitrogens with zero attached hydrogens (tertiary/aromatic N) is 1. The average Bonchev–Trinajstić information content (AvgIpc) is 2.62. The Labute approximate surface area is 145 Å². The largest absolute Gasteiger partial charge is 0.381 e. The van der Waals surface area contributed by atoms with Crippen LogP contribution in [0.25, 0.3) is 0 Å². The van der Waals surface area contributed by atoms with Gasteiger partial charge in [-0.3, -0.25) is 14.3 Å². The molecule has 4 rings (SSSR count). The number of aryl methyl sites for hydroxylation is 1. The van der Waals surface area contributed by atoms with Crippen molar-refractivity contribution in [2.75, 3.05) is 18.5 Å². The molecule has 1 aromatic carbocycles. The molecule has 1 aromatic heterocycles. The highest BCUT2D eigenvalue weighted by molar-refractivity contribution is 5.41. The van der Waals surface area contributed by atoms with Gasteiger partial charge in [0.2, 0.25) is 0 Å². The van der Waals surface area contributed by atoms with E-state index in [-0.39, 0.29) is 23.3 Å². The van der Waals surface area contributed by atoms with Crippen LogP contribution in [0.5, 0.6) is 0 Å². The van der Waals surface area contributed by atoms with Crippen LogP contribution in [0.3, 0.4) is 0 Å². The Balaban J connectivity index is 1.60. The quantitative estimate of drug-likeness (QED) is 0.899. The molecular formula is C19H23N3O3. The van der Waals surface area contributed by atoms with Crippen LogP contribution in [0.2, 0.25) is 0 Å². The molecule has 132 valence electrons. The minimum atomic E-state index is -0.342. The van der Waals surface area contributed by atoms with Gasteiger partial charge in [0.1, 0.15) is 5.82 Å². The van der Waals surface area contributed by atoms with Gasteiger partial charge < -0.3 is 10.1 Å². The second kappa shape index (κ2) is 6.88. The second-order valence-electron chi connectivity index (χ2n) is 6.83. The summed E-state index contributed by atoms with van der Waals surface area (Å²) in [5, 5.41) is 3.36. The van der Waals surface area contributed by atoms with E-state index >= 15 is 0 Å². The smallest absolute Gasteiger partial charge is 0.330 e. The van der Waals surface area contributed by atoms with Gasteiger partial charge in [-0.25, -0.2) is 4.79 Å². The summed E-state index contributed by atoms with van der Waals surface area (Å²) in [5.74, 6) is 0.500. The maximum absolute atomic E-state index is 12.5. The Kier molecular flexibility index (Phi) is 4.44. The first-order valence-electron chi connectivity index (χ1n) is 9.00. The molecule has 1 aliphatic carbocycles. The average molecular weight is 341 g/mol. The third-order valence-electron chi connectivity index (χ3n) is 5.22. The summed E-state index contributed by atoms with van der Waals surface area (Å²) in [4.78, 5) is 27.8. The Morgan fingerprint density at radius 2 is 1.92 bits per heavy atom. The molecule has 1 saturated heterocycles. The molecule has 2 aliphatic rings. The Morgan fingerprint density at radius 1 is 1.12 bits per heavy atom. The maximum Gasteiger partial charge on any atom is 0.330 e. The van der Waals surface area contributed by atoms with Crippen LogP contribution in [0.4, 0.5) is 5.82 Å². The van der Waals surface area contributed by atoms with Crippen LogP contribution < -0.4 is 16.6 Å². The SMILES string of the molecule is O=c1cc(N[C@H]2CCCc3ccccc32)[nH]c(=O)n1C1CCOCC1. The molecule has 0 spiro atoms. The number of hydrogen-bond acceptors (Lipinski definition) is 4. The van der Waals surface area contributed by atoms with Gasteiger partial charge in [-0.1, -0.05) is 24.3 Å². The van der Waals surface area contributed by atoms with E-state index < -0.39 is 0 Å². The zero-order valence-electron chi connectivity index (χ0n) is 14.2. The zero-order valence-corrected chi connectivity index (χ0v) is 14.2. The highest BCUT2D eigenvalue weighted by Gasteiger charge is 2.22. The van der Waals surface area contributed by atoms with Crippen molar-refractivity contribution in [3.05, 3.63) is 62.3 Å². The van der Waals surface area contributed by atoms with Gasteiger partial charge in [0.05, 0.1) is 6.04 Å². The van der Waals surface area contributed by atoms with E-state index in [1.54, 1.807) is 0 Å². The van der Waals surface area contributed by atoms with Crippen LogP contribution in [0, 0.1) is 0 Å². The normalized spacial score (nSPS) is 20.9. The molecular weight excluding hydrogens is 318 g/mol. The van der Waals surface area contributed by atoms with Crippen molar-refractivity contribution in [1.29, 1.82) is 0 Å². The molecule has 0 amide bonds. The monoisotopic (exact) mass is 341 g/mol. The van der Waals surface area contributed by atoms with Crippen LogP contribution in [0.15, 0.2) is 39.9 Å². The lowest BCUT2D eigenvalue weighted by Gasteiger charge is -2.27. The Hall–Kier alpha value is -2.34. The van der Waals surface area contributed by atoms with Crippen LogP contribution in [0.1, 0.15) is 48.9 Å². The van der Waals surface area contributed by atoms with E-state index in [0.29, 0.717) is 31.9 Å². The lowest BCUT2D eigenvalue weighted by atomic mass is 9.88. The summed E-state index contributed by atoms with van der Waals surface area (Å²) < 4.78 is 6.65. The molecule has 0 saturated carbocycles. The van der Waals surface area contributed by atoms with Gasteiger partial charge in [-0.2, -0.15) is 0 Å². The highest BCUT2D eigenvalue weighted by atomic mass is 16.5. The molecule has 2 aromatic rings. The number of anilines is 1. The van der Waals surface area contributed by atoms with Crippen LogP contribution >= 0.6 is 0 Å². The van der Waals surface area contributed by atoms with Gasteiger partial charge in [-0.15, -0.1) is 0 Å². The topological polar surface area (TPSA) is 76.1 Å². The maximum atomic E-state index is 12.5. The van der Waals surface area contributed by atoms with Gasteiger partial charge >= 0.3 is 5.69 Å². The minimum absolute atomic E-state index is 0.0746. The Morgan fingerprint density at radius 3 is 2.72 bits per heavy atom. The number of rotatable bonds is 3. The van der Waals surface area contributed by atoms with Gasteiger partial charge in [0.25, 0.3) is 5.56 Å². The van der Waals surface area contributed by atoms with Crippen LogP contribution in [-0.2, 0) is 11.2 Å². The molecule has 2 heterocycles. The zero-order chi connectivity index (χ0) is 17.2. The summed E-state index contributed by atoms with van der Waals surface area (Å²) in [7, 11) is 0. The molecule has 1 fully saturated rings. The fourth-order valence-electron chi connectivity index (χ4n) is 3.96. The van der Waals surface area contributed by atoms with Gasteiger partial charge in [0.15, 0.2) is 0 Å². The number of fused-ring (bicyclic) bond motifs is 1. The van der Waals surface area contributed by atoms with E-state index in [4.69, 9.17) is 4.74 Å². The third kappa shape index (κ3) is 3.26. The minimum Gasteiger partial charge on any atom is -0.381 e. The number of hydrogen-bond donors (Lipinski definition) is 2. The molecule has 1 aliphatic heterocycles. The summed E-state index contributed by atoms with van der Waals surface area (Å²) in [5.41, 5.74) is 2.00. The van der Waals surface area contributed by atoms with Crippen molar-refractivity contribution in [3.63, 3.8) is 0 Å². The third-order valence-corrected chi connectivity index (χ3v) is 5.22. The van der Waals surface area contributed by atoms with Crippen LogP contribution in [-0.4, -0.2) is 22.8 Å². The number of aromatic nitrogens is 2. The van der Waals surface area contributed by atoms with E-state index in [9.17, 15) is 9.59 Å². The van der Waals surface area contributed by atoms with E-state index in [0.717, 1.165) is 19.3 Å². The molecule has 0 radical (unpaired) electrons. The number of ether oxygens (including phenoxy) is 1. The molecule has 0 bridgehead atoms. The summed E-state index contributed by atoms with van der Waals surface area (Å²) in [6, 6.07) is 9.91. The first-order valence-corrected chi connectivity index (χ1v) is 9.00. The van der Waals surface area contributed by atoms with Gasteiger partial charge in [0, 0.05) is 25.3 Å². The highest BCUT2D eigenvalue weighted by Crippen LogP contribution is 2.31. The second-order valence-corrected chi connectivity index (χ2v) is 6.83. The molecule has 6 heteroatoms. The lowest BCUT2D eigenvalue weighted by Crippen LogP contribution is -2.40. The molecule has 1 atom stereocenters. The predicted octanol–water partition coefficient (Wildman–Crippen LogP) is 2.38. The van der Waals surface area contributed by atoms with Gasteiger partial charge in [-0.05, 0) is 43.2 Å². The predicted molar refractivity (Wildman–Crippen MR) is 96.2 cm³/mol. The molecule has 25 heavy (non-hydrogen) atoms. The van der Waals surface area contributed by atoms with Crippen molar-refractivity contribution < 1.29 is 4.74 Å². The first-order chi connectivity index (χ1) is 12.2. The van der Waals surface area contributed by atoms with Crippen molar-refractivity contribution >= 4 is 5.82 Å². The number of aromatic amines is 1. The van der Waals surface area contributed by atoms with Crippen molar-refractivity contribution in [3.8, 4) is 0 Å². The summed E-state index contributed by atoms with van der Waals surface area (Å²) >= 11 is 0. The van der Waals surface area contributed by atoms with Crippen molar-refractivity contribution in [2.24, 2.45) is 0 Å². The summed E-state index contributed by atoms with van der Waals surface area (Å²) in [6.45, 7) is 1.19. The molecule has 2 N–H and O–H groups in total. The van der Waals surface area contributed by atoms with Crippen molar-refractivity contribution in [2.45, 2.75) is 44.2 Å². The molecule has 0 unspecified atom stereocenters. The fraction of sp³-hybridized carbons (Fsp3) is 0.474. The lowest BCUT2D eigenvalue weighted by molar-refractivity contribution is 0.0674. The number of H-pyrrole nitrogens is 1. The van der Waals surface area contributed by atoms with Crippen molar-refractivity contribution in [1.82, 2.24) is 9.55 Å². The van der Waals surface area contributed by atoms with E-state index in [1.165, 1.54) is 21.8 Å². The Bertz CT molecular complexity index is 833. The standard InChI is InChI=1S/C19H23N3O3/c23-18-12-17(21-19(24)22(18)14-8-10-25-11-9-14)20-16-7-3-5-13-4-1-2-6-15(13)16/h1-2,4,6,12,14,16,20H,3,5,7-11H2,(H,21,24)/t16-/m0/s1. The van der Waals surface area contributed by atoms with E-state index in [2.05, 4.69) is 28.5 Å². The fourth-order valence-corrected chi connectivity index (χ4v) is 3.96. The number of benzene rings is 1. The first kappa shape index (κ1) is 16.1. The van der Waals surface area contributed by atoms with E-state index in [1.807, 2.05) is 6.07 Å².